The van der Waals surface area contributed by atoms with Crippen molar-refractivity contribution in [2.45, 2.75) is 39.8 Å². The van der Waals surface area contributed by atoms with E-state index >= 15 is 0 Å². The first-order chi connectivity index (χ1) is 8.90. The lowest BCUT2D eigenvalue weighted by atomic mass is 10.1. The van der Waals surface area contributed by atoms with Crippen molar-refractivity contribution in [1.82, 2.24) is 10.2 Å². The van der Waals surface area contributed by atoms with Crippen LogP contribution in [-0.2, 0) is 0 Å². The molecule has 0 bridgehead atoms. The molecule has 0 aromatic heterocycles. The predicted octanol–water partition coefficient (Wildman–Crippen LogP) is 3.97. The minimum absolute atomic E-state index is 0.389. The third-order valence-corrected chi connectivity index (χ3v) is 3.70. The quantitative estimate of drug-likeness (QED) is 0.814. The highest BCUT2D eigenvalue weighted by atomic mass is 35.5. The summed E-state index contributed by atoms with van der Waals surface area (Å²) in [6, 6.07) is 9.08. The maximum absolute atomic E-state index is 6.06. The minimum Gasteiger partial charge on any atom is -0.314 e. The molecule has 0 fully saturated rings. The highest BCUT2D eigenvalue weighted by Crippen LogP contribution is 2.22. The molecule has 1 N–H and O–H groups in total. The fourth-order valence-corrected chi connectivity index (χ4v) is 2.37. The van der Waals surface area contributed by atoms with E-state index in [0.717, 1.165) is 18.1 Å². The number of hydrogen-bond acceptors (Lipinski definition) is 2. The summed E-state index contributed by atoms with van der Waals surface area (Å²) in [5.41, 5.74) is 1.28. The molecule has 1 rings (SSSR count). The van der Waals surface area contributed by atoms with E-state index in [1.807, 2.05) is 12.1 Å². The van der Waals surface area contributed by atoms with Gasteiger partial charge in [0.05, 0.1) is 0 Å². The Balaban J connectivity index is 2.50. The van der Waals surface area contributed by atoms with E-state index < -0.39 is 0 Å². The highest BCUT2D eigenvalue weighted by Gasteiger charge is 2.14. The fourth-order valence-electron chi connectivity index (χ4n) is 2.17. The van der Waals surface area contributed by atoms with Crippen LogP contribution < -0.4 is 5.32 Å². The maximum atomic E-state index is 6.06. The largest absolute Gasteiger partial charge is 0.314 e. The first-order valence-corrected chi connectivity index (χ1v) is 7.47. The molecule has 2 atom stereocenters. The summed E-state index contributed by atoms with van der Waals surface area (Å²) in [6.07, 6.45) is 0. The van der Waals surface area contributed by atoms with Crippen molar-refractivity contribution in [1.29, 1.82) is 0 Å². The summed E-state index contributed by atoms with van der Waals surface area (Å²) in [4.78, 5) is 2.39. The Labute approximate surface area is 123 Å². The Morgan fingerprint density at radius 1 is 1.21 bits per heavy atom. The van der Waals surface area contributed by atoms with Crippen LogP contribution in [0.1, 0.15) is 39.3 Å². The lowest BCUT2D eigenvalue weighted by molar-refractivity contribution is 0.222. The van der Waals surface area contributed by atoms with Gasteiger partial charge in [0.1, 0.15) is 0 Å². The van der Waals surface area contributed by atoms with Crippen LogP contribution in [0.25, 0.3) is 0 Å². The zero-order valence-electron chi connectivity index (χ0n) is 12.8. The molecule has 19 heavy (non-hydrogen) atoms. The monoisotopic (exact) mass is 282 g/mol. The van der Waals surface area contributed by atoms with Gasteiger partial charge in [-0.25, -0.2) is 0 Å². The van der Waals surface area contributed by atoms with E-state index in [4.69, 9.17) is 11.6 Å². The summed E-state index contributed by atoms with van der Waals surface area (Å²) in [5.74, 6) is 0.633. The van der Waals surface area contributed by atoms with Gasteiger partial charge in [-0.1, -0.05) is 44.5 Å². The second kappa shape index (κ2) is 7.88. The number of rotatable bonds is 7. The highest BCUT2D eigenvalue weighted by molar-refractivity contribution is 6.30. The molecule has 0 amide bonds. The van der Waals surface area contributed by atoms with Crippen LogP contribution in [-0.4, -0.2) is 31.1 Å². The number of hydrogen-bond donors (Lipinski definition) is 1. The average Bonchev–Trinajstić information content (AvgIpc) is 2.35. The molecule has 0 saturated heterocycles. The standard InChI is InChI=1S/C16H27ClN2/c1-12(2)18-10-13(3)11-19(5)14(4)15-7-6-8-16(17)9-15/h6-9,12-14,18H,10-11H2,1-5H3. The van der Waals surface area contributed by atoms with E-state index in [1.165, 1.54) is 5.56 Å². The smallest absolute Gasteiger partial charge is 0.0409 e. The van der Waals surface area contributed by atoms with Gasteiger partial charge in [-0.15, -0.1) is 0 Å². The molecule has 2 unspecified atom stereocenters. The second-order valence-electron chi connectivity index (χ2n) is 5.84. The van der Waals surface area contributed by atoms with Crippen molar-refractivity contribution in [2.75, 3.05) is 20.1 Å². The Morgan fingerprint density at radius 3 is 2.47 bits per heavy atom. The van der Waals surface area contributed by atoms with Crippen LogP contribution in [0.3, 0.4) is 0 Å². The average molecular weight is 283 g/mol. The molecule has 2 nitrogen and oxygen atoms in total. The van der Waals surface area contributed by atoms with Crippen LogP contribution in [0.5, 0.6) is 0 Å². The number of halogens is 1. The first-order valence-electron chi connectivity index (χ1n) is 7.09. The van der Waals surface area contributed by atoms with Gasteiger partial charge in [-0.3, -0.25) is 4.90 Å². The van der Waals surface area contributed by atoms with Gasteiger partial charge in [0.15, 0.2) is 0 Å². The molecule has 0 saturated carbocycles. The van der Waals surface area contributed by atoms with E-state index in [9.17, 15) is 0 Å². The Hall–Kier alpha value is -0.570. The third-order valence-electron chi connectivity index (χ3n) is 3.47. The summed E-state index contributed by atoms with van der Waals surface area (Å²) in [5, 5.41) is 4.30. The van der Waals surface area contributed by atoms with Crippen LogP contribution in [0.15, 0.2) is 24.3 Å². The van der Waals surface area contributed by atoms with Gasteiger partial charge in [-0.2, -0.15) is 0 Å². The van der Waals surface area contributed by atoms with Gasteiger partial charge < -0.3 is 5.32 Å². The topological polar surface area (TPSA) is 15.3 Å². The molecular weight excluding hydrogens is 256 g/mol. The van der Waals surface area contributed by atoms with Crippen molar-refractivity contribution in [2.24, 2.45) is 5.92 Å². The van der Waals surface area contributed by atoms with Gasteiger partial charge in [0.2, 0.25) is 0 Å². The zero-order chi connectivity index (χ0) is 14.4. The van der Waals surface area contributed by atoms with Crippen molar-refractivity contribution in [3.05, 3.63) is 34.9 Å². The van der Waals surface area contributed by atoms with Gasteiger partial charge >= 0.3 is 0 Å². The maximum Gasteiger partial charge on any atom is 0.0409 e. The van der Waals surface area contributed by atoms with Gasteiger partial charge in [0, 0.05) is 23.7 Å². The third kappa shape index (κ3) is 5.94. The molecule has 3 heteroatoms. The Morgan fingerprint density at radius 2 is 1.89 bits per heavy atom. The molecular formula is C16H27ClN2. The lowest BCUT2D eigenvalue weighted by Gasteiger charge is -2.28. The van der Waals surface area contributed by atoms with Crippen LogP contribution >= 0.6 is 11.6 Å². The molecule has 0 heterocycles. The molecule has 0 aliphatic carbocycles. The molecule has 0 aliphatic heterocycles. The minimum atomic E-state index is 0.389. The summed E-state index contributed by atoms with van der Waals surface area (Å²) < 4.78 is 0. The van der Waals surface area contributed by atoms with Gasteiger partial charge in [-0.05, 0) is 44.1 Å². The Kier molecular flexibility index (Phi) is 6.84. The molecule has 108 valence electrons. The van der Waals surface area contributed by atoms with E-state index in [0.29, 0.717) is 18.0 Å². The predicted molar refractivity (Wildman–Crippen MR) is 84.8 cm³/mol. The van der Waals surface area contributed by atoms with Crippen molar-refractivity contribution in [3.8, 4) is 0 Å². The van der Waals surface area contributed by atoms with Crippen molar-refractivity contribution in [3.63, 3.8) is 0 Å². The molecule has 1 aromatic rings. The Bertz CT molecular complexity index is 379. The van der Waals surface area contributed by atoms with Gasteiger partial charge in [0.25, 0.3) is 0 Å². The second-order valence-corrected chi connectivity index (χ2v) is 6.28. The summed E-state index contributed by atoms with van der Waals surface area (Å²) >= 11 is 6.06. The normalized spacial score (nSPS) is 14.9. The van der Waals surface area contributed by atoms with Crippen LogP contribution in [0, 0.1) is 5.92 Å². The number of nitrogens with one attached hydrogen (secondary N) is 1. The number of benzene rings is 1. The summed E-state index contributed by atoms with van der Waals surface area (Å²) in [7, 11) is 2.18. The van der Waals surface area contributed by atoms with Crippen molar-refractivity contribution < 1.29 is 0 Å². The summed E-state index contributed by atoms with van der Waals surface area (Å²) in [6.45, 7) is 11.0. The van der Waals surface area contributed by atoms with E-state index in [-0.39, 0.29) is 0 Å². The van der Waals surface area contributed by atoms with E-state index in [1.54, 1.807) is 0 Å². The SMILES string of the molecule is CC(CNC(C)C)CN(C)C(C)c1cccc(Cl)c1. The molecule has 0 radical (unpaired) electrons. The molecule has 0 aliphatic rings. The zero-order valence-corrected chi connectivity index (χ0v) is 13.5. The van der Waals surface area contributed by atoms with Crippen LogP contribution in [0.2, 0.25) is 5.02 Å². The first kappa shape index (κ1) is 16.5. The molecule has 0 spiro atoms. The fraction of sp³-hybridized carbons (Fsp3) is 0.625. The molecule has 1 aromatic carbocycles. The van der Waals surface area contributed by atoms with Crippen LogP contribution in [0.4, 0.5) is 0 Å². The van der Waals surface area contributed by atoms with E-state index in [2.05, 4.69) is 57.1 Å². The van der Waals surface area contributed by atoms with Crippen molar-refractivity contribution >= 4 is 11.6 Å². The number of nitrogens with zero attached hydrogens (tertiary/aromatic N) is 1. The lowest BCUT2D eigenvalue weighted by Crippen LogP contribution is -2.35.